The third kappa shape index (κ3) is 4.28. The minimum absolute atomic E-state index is 0.000643. The monoisotopic (exact) mass is 398 g/mol. The Morgan fingerprint density at radius 1 is 1.04 bits per heavy atom. The van der Waals surface area contributed by atoms with Crippen molar-refractivity contribution < 1.29 is 9.59 Å². The van der Waals surface area contributed by atoms with Gasteiger partial charge in [0.25, 0.3) is 5.91 Å². The highest BCUT2D eigenvalue weighted by atomic mass is 35.5. The highest BCUT2D eigenvalue weighted by Crippen LogP contribution is 2.20. The van der Waals surface area contributed by atoms with E-state index in [-0.39, 0.29) is 30.4 Å². The van der Waals surface area contributed by atoms with Gasteiger partial charge in [-0.2, -0.15) is 15.0 Å². The molecular formula is C19H19ClN6O2. The molecule has 144 valence electrons. The molecule has 1 fully saturated rings. The zero-order chi connectivity index (χ0) is 19.5. The maximum absolute atomic E-state index is 12.3. The molecule has 1 aromatic carbocycles. The molecule has 2 amide bonds. The number of carbonyl (C=O) groups is 2. The molecule has 28 heavy (non-hydrogen) atoms. The van der Waals surface area contributed by atoms with Gasteiger partial charge in [0, 0.05) is 18.3 Å². The average molecular weight is 399 g/mol. The van der Waals surface area contributed by atoms with Crippen LogP contribution in [-0.2, 0) is 11.3 Å². The lowest BCUT2D eigenvalue weighted by Gasteiger charge is -2.14. The molecule has 3 aromatic rings. The number of carbonyl (C=O) groups excluding carboxylic acids is 2. The molecular weight excluding hydrogens is 380 g/mol. The van der Waals surface area contributed by atoms with Gasteiger partial charge in [0.1, 0.15) is 23.3 Å². The molecule has 0 radical (unpaired) electrons. The van der Waals surface area contributed by atoms with Crippen LogP contribution in [-0.4, -0.2) is 43.9 Å². The summed E-state index contributed by atoms with van der Waals surface area (Å²) < 4.78 is 0. The zero-order valence-corrected chi connectivity index (χ0v) is 15.8. The maximum atomic E-state index is 12.3. The minimum Gasteiger partial charge on any atom is -0.352 e. The van der Waals surface area contributed by atoms with Crippen LogP contribution in [0.5, 0.6) is 0 Å². The van der Waals surface area contributed by atoms with Crippen molar-refractivity contribution in [3.8, 4) is 0 Å². The summed E-state index contributed by atoms with van der Waals surface area (Å²) in [6, 6.07) is 10.7. The van der Waals surface area contributed by atoms with Crippen LogP contribution in [0.1, 0.15) is 29.8 Å². The van der Waals surface area contributed by atoms with E-state index < -0.39 is 0 Å². The van der Waals surface area contributed by atoms with Gasteiger partial charge in [0.05, 0.1) is 5.02 Å². The van der Waals surface area contributed by atoms with E-state index in [0.717, 1.165) is 23.9 Å². The van der Waals surface area contributed by atoms with Gasteiger partial charge in [-0.25, -0.2) is 4.98 Å². The van der Waals surface area contributed by atoms with Crippen molar-refractivity contribution >= 4 is 34.4 Å². The van der Waals surface area contributed by atoms with Crippen molar-refractivity contribution in [2.75, 3.05) is 0 Å². The number of rotatable bonds is 5. The number of hydrogen-bond acceptors (Lipinski definition) is 5. The normalized spacial score (nSPS) is 18.9. The molecule has 4 rings (SSSR count). The van der Waals surface area contributed by atoms with Crippen molar-refractivity contribution in [3.05, 3.63) is 53.3 Å². The first kappa shape index (κ1) is 18.4. The number of amides is 2. The minimum atomic E-state index is -0.235. The van der Waals surface area contributed by atoms with E-state index in [0.29, 0.717) is 17.1 Å². The molecule has 2 atom stereocenters. The lowest BCUT2D eigenvalue weighted by Crippen LogP contribution is -2.38. The summed E-state index contributed by atoms with van der Waals surface area (Å²) in [5.41, 5.74) is 1.85. The standard InChI is InChI=1S/C19H19ClN6O2/c20-12-5-8-17(21-10-12)19(28)23-14-7-6-13(9-14)22-18(27)11-26-24-15-3-1-2-4-16(15)25-26/h1-5,8,10,13-14H,6-7,9,11H2,(H,22,27)(H,23,28)/t13-,14+/m0/s1. The van der Waals surface area contributed by atoms with E-state index in [4.69, 9.17) is 11.6 Å². The van der Waals surface area contributed by atoms with Crippen LogP contribution in [0.3, 0.4) is 0 Å². The molecule has 2 aromatic heterocycles. The number of hydrogen-bond donors (Lipinski definition) is 2. The number of aromatic nitrogens is 4. The molecule has 9 heteroatoms. The molecule has 2 N–H and O–H groups in total. The van der Waals surface area contributed by atoms with Gasteiger partial charge in [-0.3, -0.25) is 9.59 Å². The van der Waals surface area contributed by atoms with Crippen LogP contribution in [0.4, 0.5) is 0 Å². The highest BCUT2D eigenvalue weighted by molar-refractivity contribution is 6.30. The summed E-state index contributed by atoms with van der Waals surface area (Å²) in [7, 11) is 0. The fraction of sp³-hybridized carbons (Fsp3) is 0.316. The van der Waals surface area contributed by atoms with Gasteiger partial charge in [-0.15, -0.1) is 0 Å². The second kappa shape index (κ2) is 7.93. The Balaban J connectivity index is 1.27. The topological polar surface area (TPSA) is 102 Å². The first-order valence-electron chi connectivity index (χ1n) is 9.08. The van der Waals surface area contributed by atoms with E-state index in [1.165, 1.54) is 11.0 Å². The van der Waals surface area contributed by atoms with E-state index >= 15 is 0 Å². The average Bonchev–Trinajstić information content (AvgIpc) is 3.28. The number of fused-ring (bicyclic) bond motifs is 1. The Kier molecular flexibility index (Phi) is 5.21. The van der Waals surface area contributed by atoms with Crippen LogP contribution in [0.2, 0.25) is 5.02 Å². The second-order valence-electron chi connectivity index (χ2n) is 6.83. The number of nitrogens with one attached hydrogen (secondary N) is 2. The fourth-order valence-electron chi connectivity index (χ4n) is 3.39. The molecule has 0 spiro atoms. The first-order valence-corrected chi connectivity index (χ1v) is 9.46. The number of benzene rings is 1. The van der Waals surface area contributed by atoms with Crippen LogP contribution in [0.25, 0.3) is 11.0 Å². The number of pyridine rings is 1. The molecule has 1 saturated carbocycles. The van der Waals surface area contributed by atoms with Gasteiger partial charge in [0.15, 0.2) is 0 Å². The highest BCUT2D eigenvalue weighted by Gasteiger charge is 2.27. The Bertz CT molecular complexity index is 970. The summed E-state index contributed by atoms with van der Waals surface area (Å²) in [4.78, 5) is 30.0. The summed E-state index contributed by atoms with van der Waals surface area (Å²) in [5, 5.41) is 15.0. The molecule has 8 nitrogen and oxygen atoms in total. The predicted molar refractivity (Wildman–Crippen MR) is 104 cm³/mol. The van der Waals surface area contributed by atoms with Gasteiger partial charge in [-0.05, 0) is 43.5 Å². The Labute approximate surface area is 166 Å². The number of halogens is 1. The van der Waals surface area contributed by atoms with Crippen molar-refractivity contribution in [2.45, 2.75) is 37.9 Å². The Morgan fingerprint density at radius 3 is 2.36 bits per heavy atom. The van der Waals surface area contributed by atoms with E-state index in [2.05, 4.69) is 25.8 Å². The molecule has 0 unspecified atom stereocenters. The Hall–Kier alpha value is -3.00. The molecule has 2 heterocycles. The van der Waals surface area contributed by atoms with Crippen LogP contribution in [0.15, 0.2) is 42.6 Å². The van der Waals surface area contributed by atoms with Crippen LogP contribution in [0, 0.1) is 0 Å². The van der Waals surface area contributed by atoms with E-state index in [1.54, 1.807) is 12.1 Å². The van der Waals surface area contributed by atoms with Crippen LogP contribution < -0.4 is 10.6 Å². The smallest absolute Gasteiger partial charge is 0.270 e. The van der Waals surface area contributed by atoms with Crippen molar-refractivity contribution in [1.29, 1.82) is 0 Å². The molecule has 1 aliphatic carbocycles. The lowest BCUT2D eigenvalue weighted by atomic mass is 10.2. The van der Waals surface area contributed by atoms with E-state index in [1.807, 2.05) is 24.3 Å². The second-order valence-corrected chi connectivity index (χ2v) is 7.27. The van der Waals surface area contributed by atoms with Gasteiger partial charge in [-0.1, -0.05) is 23.7 Å². The largest absolute Gasteiger partial charge is 0.352 e. The summed E-state index contributed by atoms with van der Waals surface area (Å²) >= 11 is 5.79. The fourth-order valence-corrected chi connectivity index (χ4v) is 3.50. The molecule has 1 aliphatic rings. The van der Waals surface area contributed by atoms with Gasteiger partial charge in [0.2, 0.25) is 5.91 Å². The third-order valence-corrected chi connectivity index (χ3v) is 4.93. The molecule has 0 bridgehead atoms. The Morgan fingerprint density at radius 2 is 1.71 bits per heavy atom. The lowest BCUT2D eigenvalue weighted by molar-refractivity contribution is -0.122. The van der Waals surface area contributed by atoms with Crippen LogP contribution >= 0.6 is 11.6 Å². The number of nitrogens with zero attached hydrogens (tertiary/aromatic N) is 4. The van der Waals surface area contributed by atoms with Gasteiger partial charge < -0.3 is 10.6 Å². The summed E-state index contributed by atoms with van der Waals surface area (Å²) in [6.45, 7) is 0.0664. The van der Waals surface area contributed by atoms with Crippen molar-refractivity contribution in [1.82, 2.24) is 30.6 Å². The third-order valence-electron chi connectivity index (χ3n) is 4.71. The van der Waals surface area contributed by atoms with Crippen molar-refractivity contribution in [2.24, 2.45) is 0 Å². The molecule has 0 saturated heterocycles. The quantitative estimate of drug-likeness (QED) is 0.684. The SMILES string of the molecule is O=C(Cn1nc2ccccc2n1)N[C@H]1CC[C@@H](NC(=O)c2ccc(Cl)cn2)C1. The van der Waals surface area contributed by atoms with E-state index in [9.17, 15) is 9.59 Å². The predicted octanol–water partition coefficient (Wildman–Crippen LogP) is 1.95. The molecule has 0 aliphatic heterocycles. The zero-order valence-electron chi connectivity index (χ0n) is 15.0. The summed E-state index contributed by atoms with van der Waals surface area (Å²) in [5.74, 6) is -0.377. The van der Waals surface area contributed by atoms with Gasteiger partial charge >= 0.3 is 0 Å². The first-order chi connectivity index (χ1) is 13.6. The van der Waals surface area contributed by atoms with Crippen molar-refractivity contribution in [3.63, 3.8) is 0 Å². The summed E-state index contributed by atoms with van der Waals surface area (Å²) in [6.07, 6.45) is 3.73. The maximum Gasteiger partial charge on any atom is 0.270 e.